The lowest BCUT2D eigenvalue weighted by atomic mass is 10.4. The van der Waals surface area contributed by atoms with Crippen molar-refractivity contribution in [2.75, 3.05) is 0 Å². The summed E-state index contributed by atoms with van der Waals surface area (Å²) in [6.07, 6.45) is 0. The molecule has 7 heavy (non-hydrogen) atoms. The Morgan fingerprint density at radius 3 is 2.00 bits per heavy atom. The Morgan fingerprint density at radius 2 is 2.00 bits per heavy atom. The molecule has 2 N–H and O–H groups in total. The summed E-state index contributed by atoms with van der Waals surface area (Å²) in [4.78, 5) is 9.40. The lowest BCUT2D eigenvalue weighted by Crippen LogP contribution is -2.28. The summed E-state index contributed by atoms with van der Waals surface area (Å²) in [5.41, 5.74) is 0. The summed E-state index contributed by atoms with van der Waals surface area (Å²) in [5, 5.41) is 15.5. The Bertz CT molecular complexity index is 82.7. The van der Waals surface area contributed by atoms with Crippen molar-refractivity contribution in [3.63, 3.8) is 0 Å². The standard InChI is InChI=1S/C3H5FO3/c1-3(4,7)2(5)6/h7H,1H3,(H,5,6). The number of carboxylic acid groups (broad SMARTS) is 1. The summed E-state index contributed by atoms with van der Waals surface area (Å²) in [6.45, 7) is 0.551. The van der Waals surface area contributed by atoms with Gasteiger partial charge in [0.15, 0.2) is 0 Å². The fourth-order valence-corrected chi connectivity index (χ4v) is 0. The smallest absolute Gasteiger partial charge is 0.369 e. The van der Waals surface area contributed by atoms with Gasteiger partial charge in [-0.2, -0.15) is 4.39 Å². The van der Waals surface area contributed by atoms with E-state index in [1.807, 2.05) is 0 Å². The number of halogens is 1. The van der Waals surface area contributed by atoms with Gasteiger partial charge in [0.1, 0.15) is 0 Å². The molecule has 0 spiro atoms. The molecule has 0 saturated heterocycles. The SMILES string of the molecule is CC(O)(F)C(=O)O. The number of rotatable bonds is 1. The summed E-state index contributed by atoms with van der Waals surface area (Å²) < 4.78 is 11.5. The molecule has 0 aromatic rings. The number of carbonyl (C=O) groups is 1. The second-order valence-corrected chi connectivity index (χ2v) is 1.26. The molecule has 0 aliphatic carbocycles. The van der Waals surface area contributed by atoms with Crippen LogP contribution in [0, 0.1) is 0 Å². The molecule has 0 aliphatic rings. The number of aliphatic hydroxyl groups is 1. The molecule has 0 fully saturated rings. The van der Waals surface area contributed by atoms with Crippen LogP contribution >= 0.6 is 0 Å². The van der Waals surface area contributed by atoms with Crippen molar-refractivity contribution in [3.8, 4) is 0 Å². The van der Waals surface area contributed by atoms with Gasteiger partial charge in [0.25, 0.3) is 0 Å². The molecule has 0 rings (SSSR count). The fraction of sp³-hybridized carbons (Fsp3) is 0.667. The lowest BCUT2D eigenvalue weighted by molar-refractivity contribution is -0.175. The Balaban J connectivity index is 3.79. The van der Waals surface area contributed by atoms with Gasteiger partial charge in [-0.3, -0.25) is 0 Å². The number of hydrogen-bond acceptors (Lipinski definition) is 2. The lowest BCUT2D eigenvalue weighted by Gasteiger charge is -2.02. The van der Waals surface area contributed by atoms with Gasteiger partial charge in [0, 0.05) is 6.92 Å². The number of aliphatic carboxylic acids is 1. The van der Waals surface area contributed by atoms with Crippen molar-refractivity contribution in [1.82, 2.24) is 0 Å². The van der Waals surface area contributed by atoms with Gasteiger partial charge in [-0.05, 0) is 0 Å². The Kier molecular flexibility index (Phi) is 1.32. The van der Waals surface area contributed by atoms with E-state index in [-0.39, 0.29) is 0 Å². The van der Waals surface area contributed by atoms with E-state index in [2.05, 4.69) is 0 Å². The Morgan fingerprint density at radius 1 is 1.86 bits per heavy atom. The van der Waals surface area contributed by atoms with E-state index >= 15 is 0 Å². The van der Waals surface area contributed by atoms with E-state index in [4.69, 9.17) is 10.2 Å². The largest absolute Gasteiger partial charge is 0.477 e. The maximum Gasteiger partial charge on any atom is 0.369 e. The second kappa shape index (κ2) is 1.46. The Labute approximate surface area is 39.4 Å². The van der Waals surface area contributed by atoms with Gasteiger partial charge in [-0.15, -0.1) is 0 Å². The van der Waals surface area contributed by atoms with Crippen LogP contribution in [-0.2, 0) is 4.79 Å². The van der Waals surface area contributed by atoms with Crippen LogP contribution in [0.4, 0.5) is 4.39 Å². The summed E-state index contributed by atoms with van der Waals surface area (Å²) in [5.74, 6) is -4.95. The van der Waals surface area contributed by atoms with Crippen LogP contribution in [0.2, 0.25) is 0 Å². The molecule has 4 heteroatoms. The minimum Gasteiger partial charge on any atom is -0.477 e. The fourth-order valence-electron chi connectivity index (χ4n) is 0. The maximum atomic E-state index is 11.5. The van der Waals surface area contributed by atoms with Gasteiger partial charge in [0.2, 0.25) is 0 Å². The third-order valence-corrected chi connectivity index (χ3v) is 0.390. The first kappa shape index (κ1) is 6.36. The topological polar surface area (TPSA) is 57.5 Å². The van der Waals surface area contributed by atoms with Crippen molar-refractivity contribution in [2.24, 2.45) is 0 Å². The van der Waals surface area contributed by atoms with Crippen LogP contribution < -0.4 is 0 Å². The van der Waals surface area contributed by atoms with E-state index in [0.717, 1.165) is 0 Å². The van der Waals surface area contributed by atoms with Crippen molar-refractivity contribution in [2.45, 2.75) is 12.8 Å². The molecule has 3 nitrogen and oxygen atoms in total. The van der Waals surface area contributed by atoms with Crippen LogP contribution in [0.5, 0.6) is 0 Å². The van der Waals surface area contributed by atoms with E-state index in [9.17, 15) is 9.18 Å². The molecule has 1 unspecified atom stereocenters. The highest BCUT2D eigenvalue weighted by atomic mass is 19.2. The normalized spacial score (nSPS) is 18.1. The molecule has 1 atom stereocenters. The highest BCUT2D eigenvalue weighted by Gasteiger charge is 2.28. The molecule has 0 amide bonds. The maximum absolute atomic E-state index is 11.5. The number of alkyl halides is 1. The van der Waals surface area contributed by atoms with Crippen LogP contribution in [0.3, 0.4) is 0 Å². The van der Waals surface area contributed by atoms with Crippen LogP contribution in [0.1, 0.15) is 6.92 Å². The monoisotopic (exact) mass is 108 g/mol. The second-order valence-electron chi connectivity index (χ2n) is 1.26. The third-order valence-electron chi connectivity index (χ3n) is 0.390. The molecular weight excluding hydrogens is 103 g/mol. The van der Waals surface area contributed by atoms with Crippen molar-refractivity contribution in [1.29, 1.82) is 0 Å². The molecule has 0 bridgehead atoms. The quantitative estimate of drug-likeness (QED) is 0.487. The molecule has 0 aliphatic heterocycles. The first-order valence-electron chi connectivity index (χ1n) is 1.59. The molecule has 0 saturated carbocycles. The zero-order valence-electron chi connectivity index (χ0n) is 3.68. The molecule has 0 aromatic carbocycles. The molecule has 0 aromatic heterocycles. The van der Waals surface area contributed by atoms with Crippen molar-refractivity contribution >= 4 is 5.97 Å². The van der Waals surface area contributed by atoms with Crippen LogP contribution in [0.15, 0.2) is 0 Å². The predicted octanol–water partition coefficient (Wildman–Crippen LogP) is -0.251. The number of hydrogen-bond donors (Lipinski definition) is 2. The first-order chi connectivity index (χ1) is 2.94. The van der Waals surface area contributed by atoms with Crippen molar-refractivity contribution in [3.05, 3.63) is 0 Å². The minimum atomic E-state index is -3.08. The molecule has 0 radical (unpaired) electrons. The zero-order chi connectivity index (χ0) is 6.08. The molecule has 42 valence electrons. The predicted molar refractivity (Wildman–Crippen MR) is 19.4 cm³/mol. The van der Waals surface area contributed by atoms with Gasteiger partial charge >= 0.3 is 11.8 Å². The molecule has 0 heterocycles. The van der Waals surface area contributed by atoms with Crippen LogP contribution in [-0.4, -0.2) is 22.0 Å². The summed E-state index contributed by atoms with van der Waals surface area (Å²) >= 11 is 0. The van der Waals surface area contributed by atoms with Gasteiger partial charge < -0.3 is 10.2 Å². The van der Waals surface area contributed by atoms with Gasteiger partial charge in [0.05, 0.1) is 0 Å². The third kappa shape index (κ3) is 2.11. The summed E-state index contributed by atoms with van der Waals surface area (Å²) in [6, 6.07) is 0. The van der Waals surface area contributed by atoms with Crippen molar-refractivity contribution < 1.29 is 19.4 Å². The first-order valence-corrected chi connectivity index (χ1v) is 1.59. The average molecular weight is 108 g/mol. The average Bonchev–Trinajstić information content (AvgIpc) is 1.31. The molecular formula is C3H5FO3. The van der Waals surface area contributed by atoms with E-state index in [1.165, 1.54) is 0 Å². The van der Waals surface area contributed by atoms with E-state index < -0.39 is 11.8 Å². The van der Waals surface area contributed by atoms with Gasteiger partial charge in [-0.25, -0.2) is 4.79 Å². The van der Waals surface area contributed by atoms with E-state index in [1.54, 1.807) is 0 Å². The zero-order valence-corrected chi connectivity index (χ0v) is 3.68. The minimum absolute atomic E-state index is 0.551. The van der Waals surface area contributed by atoms with Gasteiger partial charge in [-0.1, -0.05) is 0 Å². The van der Waals surface area contributed by atoms with Crippen LogP contribution in [0.25, 0.3) is 0 Å². The highest BCUT2D eigenvalue weighted by molar-refractivity contribution is 5.74. The Hall–Kier alpha value is -0.640. The number of carboxylic acids is 1. The summed E-state index contributed by atoms with van der Waals surface area (Å²) in [7, 11) is 0. The van der Waals surface area contributed by atoms with E-state index in [0.29, 0.717) is 6.92 Å². The highest BCUT2D eigenvalue weighted by Crippen LogP contribution is 2.01.